The Hall–Kier alpha value is -2.82. The fourth-order valence-electron chi connectivity index (χ4n) is 2.42. The minimum Gasteiger partial charge on any atom is -0.444 e. The summed E-state index contributed by atoms with van der Waals surface area (Å²) in [6.45, 7) is 5.30. The third kappa shape index (κ3) is 6.24. The molecule has 2 rings (SSSR count). The number of benzene rings is 2. The summed E-state index contributed by atoms with van der Waals surface area (Å²) in [7, 11) is 1.55. The summed E-state index contributed by atoms with van der Waals surface area (Å²) in [6, 6.07) is 17.7. The topological polar surface area (TPSA) is 58.6 Å². The molecule has 0 saturated carbocycles. The summed E-state index contributed by atoms with van der Waals surface area (Å²) in [5.41, 5.74) is 2.34. The SMILES string of the molecule is CN(CC(=O)Nc1ccccc1Cc1ccccc1)C(=O)OC(C)(C)C. The fourth-order valence-corrected chi connectivity index (χ4v) is 2.42. The molecule has 0 spiro atoms. The molecule has 0 aliphatic rings. The molecule has 0 aromatic heterocycles. The number of nitrogens with zero attached hydrogens (tertiary/aromatic N) is 1. The van der Waals surface area contributed by atoms with Crippen LogP contribution >= 0.6 is 0 Å². The highest BCUT2D eigenvalue weighted by molar-refractivity contribution is 5.94. The Morgan fingerprint density at radius 3 is 2.27 bits per heavy atom. The van der Waals surface area contributed by atoms with Crippen molar-refractivity contribution in [1.82, 2.24) is 4.90 Å². The van der Waals surface area contributed by atoms with Gasteiger partial charge in [0.1, 0.15) is 12.1 Å². The van der Waals surface area contributed by atoms with Crippen molar-refractivity contribution in [3.63, 3.8) is 0 Å². The number of likely N-dealkylation sites (N-methyl/N-ethyl adjacent to an activating group) is 1. The van der Waals surface area contributed by atoms with Crippen molar-refractivity contribution < 1.29 is 14.3 Å². The van der Waals surface area contributed by atoms with E-state index in [-0.39, 0.29) is 12.5 Å². The molecule has 26 heavy (non-hydrogen) atoms. The van der Waals surface area contributed by atoms with Crippen molar-refractivity contribution >= 4 is 17.7 Å². The lowest BCUT2D eigenvalue weighted by Gasteiger charge is -2.24. The summed E-state index contributed by atoms with van der Waals surface area (Å²) in [5, 5.41) is 2.89. The Morgan fingerprint density at radius 2 is 1.62 bits per heavy atom. The normalized spacial score (nSPS) is 10.9. The number of hydrogen-bond donors (Lipinski definition) is 1. The molecule has 0 radical (unpaired) electrons. The van der Waals surface area contributed by atoms with Gasteiger partial charge < -0.3 is 15.0 Å². The second-order valence-electron chi connectivity index (χ2n) is 7.20. The van der Waals surface area contributed by atoms with Crippen LogP contribution < -0.4 is 5.32 Å². The Balaban J connectivity index is 2.00. The second-order valence-corrected chi connectivity index (χ2v) is 7.20. The molecule has 2 amide bonds. The van der Waals surface area contributed by atoms with Crippen LogP contribution in [-0.2, 0) is 16.0 Å². The predicted molar refractivity (Wildman–Crippen MR) is 103 cm³/mol. The van der Waals surface area contributed by atoms with E-state index < -0.39 is 11.7 Å². The van der Waals surface area contributed by atoms with E-state index in [1.807, 2.05) is 42.5 Å². The largest absolute Gasteiger partial charge is 0.444 e. The maximum atomic E-state index is 12.3. The molecule has 1 N–H and O–H groups in total. The summed E-state index contributed by atoms with van der Waals surface area (Å²) in [4.78, 5) is 25.6. The number of carbonyl (C=O) groups is 2. The number of ether oxygens (including phenoxy) is 1. The van der Waals surface area contributed by atoms with Gasteiger partial charge in [-0.15, -0.1) is 0 Å². The quantitative estimate of drug-likeness (QED) is 0.880. The number of carbonyl (C=O) groups excluding carboxylic acids is 2. The fraction of sp³-hybridized carbons (Fsp3) is 0.333. The number of nitrogens with one attached hydrogen (secondary N) is 1. The highest BCUT2D eigenvalue weighted by Gasteiger charge is 2.21. The first-order valence-corrected chi connectivity index (χ1v) is 8.60. The minimum atomic E-state index is -0.593. The Labute approximate surface area is 155 Å². The molecule has 0 atom stereocenters. The van der Waals surface area contributed by atoms with Gasteiger partial charge in [0.2, 0.25) is 5.91 Å². The Bertz CT molecular complexity index is 751. The average molecular weight is 354 g/mol. The first-order chi connectivity index (χ1) is 12.2. The van der Waals surface area contributed by atoms with Gasteiger partial charge in [0.15, 0.2) is 0 Å². The van der Waals surface area contributed by atoms with Gasteiger partial charge in [-0.25, -0.2) is 4.79 Å². The summed E-state index contributed by atoms with van der Waals surface area (Å²) in [5.74, 6) is -0.265. The van der Waals surface area contributed by atoms with Crippen molar-refractivity contribution in [2.75, 3.05) is 18.9 Å². The van der Waals surface area contributed by atoms with Gasteiger partial charge in [-0.3, -0.25) is 4.79 Å². The van der Waals surface area contributed by atoms with E-state index >= 15 is 0 Å². The first kappa shape index (κ1) is 19.5. The standard InChI is InChI=1S/C21H26N2O3/c1-21(2,3)26-20(25)23(4)15-19(24)22-18-13-9-8-12-17(18)14-16-10-6-5-7-11-16/h5-13H,14-15H2,1-4H3,(H,22,24). The van der Waals surface area contributed by atoms with Crippen LogP contribution in [0, 0.1) is 0 Å². The van der Waals surface area contributed by atoms with Crippen molar-refractivity contribution in [3.05, 3.63) is 65.7 Å². The minimum absolute atomic E-state index is 0.0748. The van der Waals surface area contributed by atoms with Crippen LogP contribution in [0.2, 0.25) is 0 Å². The molecule has 138 valence electrons. The van der Waals surface area contributed by atoms with Gasteiger partial charge in [-0.2, -0.15) is 0 Å². The average Bonchev–Trinajstić information content (AvgIpc) is 2.56. The summed E-state index contributed by atoms with van der Waals surface area (Å²) >= 11 is 0. The van der Waals surface area contributed by atoms with Crippen LogP contribution in [0.15, 0.2) is 54.6 Å². The molecule has 0 saturated heterocycles. The lowest BCUT2D eigenvalue weighted by molar-refractivity contribution is -0.117. The zero-order valence-corrected chi connectivity index (χ0v) is 15.8. The molecule has 5 nitrogen and oxygen atoms in total. The lowest BCUT2D eigenvalue weighted by atomic mass is 10.0. The number of hydrogen-bond acceptors (Lipinski definition) is 3. The maximum Gasteiger partial charge on any atom is 0.410 e. The van der Waals surface area contributed by atoms with Crippen LogP contribution in [0.25, 0.3) is 0 Å². The van der Waals surface area contributed by atoms with E-state index in [9.17, 15) is 9.59 Å². The third-order valence-corrected chi connectivity index (χ3v) is 3.61. The molecular formula is C21H26N2O3. The maximum absolute atomic E-state index is 12.3. The van der Waals surface area contributed by atoms with Gasteiger partial charge >= 0.3 is 6.09 Å². The van der Waals surface area contributed by atoms with Crippen molar-refractivity contribution in [2.24, 2.45) is 0 Å². The second kappa shape index (κ2) is 8.52. The number of para-hydroxylation sites is 1. The van der Waals surface area contributed by atoms with Gasteiger partial charge in [-0.05, 0) is 44.4 Å². The zero-order chi connectivity index (χ0) is 19.2. The van der Waals surface area contributed by atoms with Crippen molar-refractivity contribution in [3.8, 4) is 0 Å². The molecule has 0 fully saturated rings. The highest BCUT2D eigenvalue weighted by atomic mass is 16.6. The molecule has 0 unspecified atom stereocenters. The molecule has 0 aliphatic heterocycles. The van der Waals surface area contributed by atoms with E-state index in [2.05, 4.69) is 17.4 Å². The van der Waals surface area contributed by atoms with Crippen LogP contribution in [0.5, 0.6) is 0 Å². The molecule has 2 aromatic carbocycles. The van der Waals surface area contributed by atoms with Crippen LogP contribution in [0.1, 0.15) is 31.9 Å². The zero-order valence-electron chi connectivity index (χ0n) is 15.8. The van der Waals surface area contributed by atoms with E-state index in [1.54, 1.807) is 27.8 Å². The molecule has 0 bridgehead atoms. The molecule has 2 aromatic rings. The van der Waals surface area contributed by atoms with Crippen molar-refractivity contribution in [1.29, 1.82) is 0 Å². The van der Waals surface area contributed by atoms with Gasteiger partial charge in [0.25, 0.3) is 0 Å². The molecule has 5 heteroatoms. The van der Waals surface area contributed by atoms with Gasteiger partial charge in [0, 0.05) is 12.7 Å². The van der Waals surface area contributed by atoms with E-state index in [0.717, 1.165) is 17.7 Å². The lowest BCUT2D eigenvalue weighted by Crippen LogP contribution is -2.38. The number of amides is 2. The van der Waals surface area contributed by atoms with E-state index in [1.165, 1.54) is 10.5 Å². The number of rotatable bonds is 5. The van der Waals surface area contributed by atoms with Gasteiger partial charge in [0.05, 0.1) is 0 Å². The predicted octanol–water partition coefficient (Wildman–Crippen LogP) is 4.08. The molecular weight excluding hydrogens is 328 g/mol. The van der Waals surface area contributed by atoms with Gasteiger partial charge in [-0.1, -0.05) is 48.5 Å². The van der Waals surface area contributed by atoms with Crippen LogP contribution in [-0.4, -0.2) is 36.1 Å². The molecule has 0 aliphatic carbocycles. The summed E-state index contributed by atoms with van der Waals surface area (Å²) < 4.78 is 5.26. The number of anilines is 1. The smallest absolute Gasteiger partial charge is 0.410 e. The summed E-state index contributed by atoms with van der Waals surface area (Å²) in [6.07, 6.45) is 0.198. The third-order valence-electron chi connectivity index (χ3n) is 3.61. The Morgan fingerprint density at radius 1 is 1.00 bits per heavy atom. The van der Waals surface area contributed by atoms with E-state index in [0.29, 0.717) is 0 Å². The van der Waals surface area contributed by atoms with Crippen LogP contribution in [0.3, 0.4) is 0 Å². The van der Waals surface area contributed by atoms with E-state index in [4.69, 9.17) is 4.74 Å². The van der Waals surface area contributed by atoms with Crippen LogP contribution in [0.4, 0.5) is 10.5 Å². The highest BCUT2D eigenvalue weighted by Crippen LogP contribution is 2.19. The Kier molecular flexibility index (Phi) is 6.39. The van der Waals surface area contributed by atoms with Crippen molar-refractivity contribution in [2.45, 2.75) is 32.8 Å². The molecule has 0 heterocycles. The monoisotopic (exact) mass is 354 g/mol. The first-order valence-electron chi connectivity index (χ1n) is 8.60.